The molecule has 0 rings (SSSR count). The summed E-state index contributed by atoms with van der Waals surface area (Å²) in [6.07, 6.45) is 87.2. The number of hydrogen-bond acceptors (Lipinski definition) is 6. The summed E-state index contributed by atoms with van der Waals surface area (Å²) >= 11 is 0. The third-order valence-electron chi connectivity index (χ3n) is 17.5. The van der Waals surface area contributed by atoms with E-state index in [2.05, 4.69) is 32.9 Å². The molecule has 486 valence electrons. The Morgan fingerprint density at radius 2 is 0.427 bits per heavy atom. The van der Waals surface area contributed by atoms with Crippen molar-refractivity contribution >= 4 is 17.9 Å². The quantitative estimate of drug-likeness (QED) is 0.0261. The van der Waals surface area contributed by atoms with Crippen molar-refractivity contribution < 1.29 is 28.6 Å². The molecule has 6 heteroatoms. The van der Waals surface area contributed by atoms with E-state index in [4.69, 9.17) is 14.2 Å². The van der Waals surface area contributed by atoms with Gasteiger partial charge in [-0.3, -0.25) is 14.4 Å². The van der Waals surface area contributed by atoms with E-state index in [0.717, 1.165) is 70.6 Å². The van der Waals surface area contributed by atoms with Crippen LogP contribution in [0.15, 0.2) is 12.2 Å². The van der Waals surface area contributed by atoms with Crippen molar-refractivity contribution in [3.63, 3.8) is 0 Å². The van der Waals surface area contributed by atoms with Crippen LogP contribution in [-0.2, 0) is 28.6 Å². The molecule has 0 aromatic carbocycles. The lowest BCUT2D eigenvalue weighted by atomic mass is 10.0. The number of carbonyl (C=O) groups is 3. The van der Waals surface area contributed by atoms with Crippen LogP contribution in [0.2, 0.25) is 0 Å². The van der Waals surface area contributed by atoms with Crippen LogP contribution in [0, 0.1) is 0 Å². The highest BCUT2D eigenvalue weighted by Gasteiger charge is 2.20. The van der Waals surface area contributed by atoms with Gasteiger partial charge >= 0.3 is 17.9 Å². The van der Waals surface area contributed by atoms with Crippen LogP contribution in [0.1, 0.15) is 438 Å². The summed E-state index contributed by atoms with van der Waals surface area (Å²) in [5, 5.41) is 0. The highest BCUT2D eigenvalue weighted by atomic mass is 16.6. The van der Waals surface area contributed by atoms with Gasteiger partial charge in [0.25, 0.3) is 0 Å². The lowest BCUT2D eigenvalue weighted by molar-refractivity contribution is -0.167. The molecule has 0 aromatic heterocycles. The highest BCUT2D eigenvalue weighted by Crippen LogP contribution is 2.20. The smallest absolute Gasteiger partial charge is 0.306 e. The lowest BCUT2D eigenvalue weighted by Gasteiger charge is -2.18. The molecule has 0 aliphatic carbocycles. The van der Waals surface area contributed by atoms with E-state index in [1.54, 1.807) is 0 Å². The molecule has 0 saturated heterocycles. The first-order chi connectivity index (χ1) is 40.5. The number of hydrogen-bond donors (Lipinski definition) is 0. The Morgan fingerprint density at radius 3 is 0.659 bits per heavy atom. The van der Waals surface area contributed by atoms with Crippen molar-refractivity contribution in [3.8, 4) is 0 Å². The minimum atomic E-state index is -0.770. The Labute approximate surface area is 513 Å². The first-order valence-corrected chi connectivity index (χ1v) is 37.7. The van der Waals surface area contributed by atoms with Crippen LogP contribution >= 0.6 is 0 Å². The zero-order valence-corrected chi connectivity index (χ0v) is 56.1. The molecular weight excluding hydrogens is 1010 g/mol. The van der Waals surface area contributed by atoms with Gasteiger partial charge in [-0.25, -0.2) is 0 Å². The van der Waals surface area contributed by atoms with E-state index in [0.29, 0.717) is 19.3 Å². The second kappa shape index (κ2) is 71.6. The minimum absolute atomic E-state index is 0.0659. The van der Waals surface area contributed by atoms with Gasteiger partial charge in [0, 0.05) is 19.3 Å². The van der Waals surface area contributed by atoms with Crippen molar-refractivity contribution in [2.45, 2.75) is 444 Å². The summed E-state index contributed by atoms with van der Waals surface area (Å²) in [6.45, 7) is 6.67. The maximum absolute atomic E-state index is 12.9. The number of unbranched alkanes of at least 4 members (excludes halogenated alkanes) is 58. The van der Waals surface area contributed by atoms with Gasteiger partial charge in [-0.1, -0.05) is 392 Å². The lowest BCUT2D eigenvalue weighted by Crippen LogP contribution is -2.30. The Kier molecular flexibility index (Phi) is 70.0. The molecule has 0 aromatic rings. The summed E-state index contributed by atoms with van der Waals surface area (Å²) in [5.41, 5.74) is 0. The molecule has 0 heterocycles. The molecule has 1 unspecified atom stereocenters. The topological polar surface area (TPSA) is 78.9 Å². The molecule has 0 bridgehead atoms. The van der Waals surface area contributed by atoms with Gasteiger partial charge < -0.3 is 14.2 Å². The van der Waals surface area contributed by atoms with Crippen LogP contribution in [-0.4, -0.2) is 37.2 Å². The molecule has 0 N–H and O–H groups in total. The maximum Gasteiger partial charge on any atom is 0.306 e. The molecule has 0 aliphatic heterocycles. The largest absolute Gasteiger partial charge is 0.462 e. The Morgan fingerprint density at radius 1 is 0.232 bits per heavy atom. The summed E-state index contributed by atoms with van der Waals surface area (Å²) in [4.78, 5) is 38.4. The molecule has 0 spiro atoms. The standard InChI is InChI=1S/C76H146O6/c1-4-7-10-13-16-19-22-24-26-28-30-32-34-36-38-39-41-42-44-46-48-50-52-54-57-60-63-66-69-75(78)81-72-73(71-80-74(77)68-65-62-59-56-21-18-15-12-9-6-3)82-76(79)70-67-64-61-58-55-53-51-49-47-45-43-40-37-35-33-31-29-27-25-23-20-17-14-11-8-5-2/h12,15,73H,4-11,13-14,16-72H2,1-3H3/b15-12-. The summed E-state index contributed by atoms with van der Waals surface area (Å²) < 4.78 is 17.0. The Hall–Kier alpha value is -1.85. The van der Waals surface area contributed by atoms with Gasteiger partial charge in [-0.15, -0.1) is 0 Å². The molecule has 0 radical (unpaired) electrons. The van der Waals surface area contributed by atoms with Gasteiger partial charge in [0.05, 0.1) is 0 Å². The van der Waals surface area contributed by atoms with Crippen molar-refractivity contribution in [1.29, 1.82) is 0 Å². The van der Waals surface area contributed by atoms with Crippen LogP contribution < -0.4 is 0 Å². The summed E-state index contributed by atoms with van der Waals surface area (Å²) in [5.74, 6) is -0.841. The van der Waals surface area contributed by atoms with Gasteiger partial charge in [0.1, 0.15) is 13.2 Å². The van der Waals surface area contributed by atoms with Crippen LogP contribution in [0.3, 0.4) is 0 Å². The second-order valence-corrected chi connectivity index (χ2v) is 25.9. The van der Waals surface area contributed by atoms with E-state index >= 15 is 0 Å². The molecule has 1 atom stereocenters. The van der Waals surface area contributed by atoms with E-state index in [1.807, 2.05) is 0 Å². The molecule has 6 nitrogen and oxygen atoms in total. The predicted molar refractivity (Wildman–Crippen MR) is 358 cm³/mol. The molecule has 0 amide bonds. The van der Waals surface area contributed by atoms with Gasteiger partial charge in [0.2, 0.25) is 0 Å². The minimum Gasteiger partial charge on any atom is -0.462 e. The average Bonchev–Trinajstić information content (AvgIpc) is 3.48. The predicted octanol–water partition coefficient (Wildman–Crippen LogP) is 26.0. The third kappa shape index (κ3) is 68.9. The van der Waals surface area contributed by atoms with Gasteiger partial charge in [0.15, 0.2) is 6.10 Å². The SMILES string of the molecule is CCC/C=C\CCCCCCCC(=O)OCC(COC(=O)CCCCCCCCCCCCCCCCCCCCCCCCCCCCCC)OC(=O)CCCCCCCCCCCCCCCCCCCCCCCCCCCC. The van der Waals surface area contributed by atoms with E-state index in [1.165, 1.54) is 327 Å². The molecule has 0 aliphatic rings. The molecule has 0 fully saturated rings. The zero-order valence-electron chi connectivity index (χ0n) is 56.1. The molecular formula is C76H146O6. The number of esters is 3. The van der Waals surface area contributed by atoms with Crippen molar-refractivity contribution in [2.24, 2.45) is 0 Å². The number of ether oxygens (including phenoxy) is 3. The molecule has 0 saturated carbocycles. The van der Waals surface area contributed by atoms with E-state index in [-0.39, 0.29) is 31.1 Å². The van der Waals surface area contributed by atoms with E-state index in [9.17, 15) is 14.4 Å². The monoisotopic (exact) mass is 1160 g/mol. The fourth-order valence-corrected chi connectivity index (χ4v) is 11.9. The van der Waals surface area contributed by atoms with Crippen LogP contribution in [0.5, 0.6) is 0 Å². The summed E-state index contributed by atoms with van der Waals surface area (Å²) in [6, 6.07) is 0. The van der Waals surface area contributed by atoms with Crippen molar-refractivity contribution in [1.82, 2.24) is 0 Å². The Balaban J connectivity index is 4.07. The highest BCUT2D eigenvalue weighted by molar-refractivity contribution is 5.71. The normalized spacial score (nSPS) is 12.0. The van der Waals surface area contributed by atoms with E-state index < -0.39 is 6.10 Å². The Bertz CT molecular complexity index is 1280. The number of rotatable bonds is 71. The van der Waals surface area contributed by atoms with Gasteiger partial charge in [-0.05, 0) is 38.5 Å². The number of carbonyl (C=O) groups excluding carboxylic acids is 3. The third-order valence-corrected chi connectivity index (χ3v) is 17.5. The fraction of sp³-hybridized carbons (Fsp3) is 0.934. The van der Waals surface area contributed by atoms with Gasteiger partial charge in [-0.2, -0.15) is 0 Å². The van der Waals surface area contributed by atoms with Crippen LogP contribution in [0.4, 0.5) is 0 Å². The second-order valence-electron chi connectivity index (χ2n) is 25.9. The first kappa shape index (κ1) is 80.2. The molecule has 82 heavy (non-hydrogen) atoms. The van der Waals surface area contributed by atoms with Crippen molar-refractivity contribution in [2.75, 3.05) is 13.2 Å². The number of allylic oxidation sites excluding steroid dienone is 2. The van der Waals surface area contributed by atoms with Crippen LogP contribution in [0.25, 0.3) is 0 Å². The van der Waals surface area contributed by atoms with Crippen molar-refractivity contribution in [3.05, 3.63) is 12.2 Å². The fourth-order valence-electron chi connectivity index (χ4n) is 11.9. The maximum atomic E-state index is 12.9. The average molecular weight is 1160 g/mol. The zero-order chi connectivity index (χ0) is 59.2. The summed E-state index contributed by atoms with van der Waals surface area (Å²) in [7, 11) is 0. The first-order valence-electron chi connectivity index (χ1n) is 37.7.